The number of piperidine rings is 4. The van der Waals surface area contributed by atoms with Crippen LogP contribution in [0.15, 0.2) is 0 Å². The second-order valence-corrected chi connectivity index (χ2v) is 13.1. The molecule has 0 N–H and O–H groups in total. The van der Waals surface area contributed by atoms with Crippen molar-refractivity contribution in [2.24, 2.45) is 23.7 Å². The third-order valence-electron chi connectivity index (χ3n) is 12.3. The van der Waals surface area contributed by atoms with Crippen molar-refractivity contribution in [3.05, 3.63) is 0 Å². The Morgan fingerprint density at radius 2 is 0.533 bits per heavy atom. The van der Waals surface area contributed by atoms with Gasteiger partial charge < -0.3 is 0 Å². The van der Waals surface area contributed by atoms with E-state index in [1.165, 1.54) is 64.2 Å². The van der Waals surface area contributed by atoms with Gasteiger partial charge >= 0.3 is 0 Å². The number of nitrogens with zero attached hydrogens (tertiary/aromatic N) is 4. The van der Waals surface area contributed by atoms with Crippen LogP contribution in [-0.2, 0) is 0 Å². The number of hydrogen-bond acceptors (Lipinski definition) is 4. The Kier molecular flexibility index (Phi) is 3.38. The zero-order valence-electron chi connectivity index (χ0n) is 18.6. The number of rotatable bonds is 0. The second-order valence-electron chi connectivity index (χ2n) is 13.1. The first kappa shape index (κ1) is 17.3. The van der Waals surface area contributed by atoms with Gasteiger partial charge in [-0.3, -0.25) is 0 Å². The van der Waals surface area contributed by atoms with Gasteiger partial charge in [-0.25, -0.2) is 20.0 Å². The Bertz CT molecular complexity index is 633. The van der Waals surface area contributed by atoms with Crippen LogP contribution in [0.2, 0.25) is 0 Å². The molecular formula is C26H40N4. The molecule has 9 heterocycles. The molecule has 4 heteroatoms. The molecule has 11 aliphatic rings. The summed E-state index contributed by atoms with van der Waals surface area (Å²) in [6.45, 7) is 0. The molecule has 0 aromatic rings. The van der Waals surface area contributed by atoms with Crippen LogP contribution in [0.25, 0.3) is 0 Å². The molecule has 16 atom stereocenters. The van der Waals surface area contributed by atoms with Crippen LogP contribution >= 0.6 is 0 Å². The molecule has 30 heavy (non-hydrogen) atoms. The van der Waals surface area contributed by atoms with E-state index in [0.717, 1.165) is 72.0 Å². The quantitative estimate of drug-likeness (QED) is 0.600. The lowest BCUT2D eigenvalue weighted by Gasteiger charge is -2.76. The maximum Gasteiger partial charge on any atom is 0.0449 e. The maximum atomic E-state index is 3.23. The monoisotopic (exact) mass is 408 g/mol. The highest BCUT2D eigenvalue weighted by Crippen LogP contribution is 2.59. The Labute approximate surface area is 182 Å². The summed E-state index contributed by atoms with van der Waals surface area (Å²) in [5, 5.41) is 12.9. The molecule has 2 saturated carbocycles. The molecule has 11 fully saturated rings. The van der Waals surface area contributed by atoms with Crippen LogP contribution in [0.1, 0.15) is 89.9 Å². The fourth-order valence-corrected chi connectivity index (χ4v) is 11.4. The molecule has 4 unspecified atom stereocenters. The van der Waals surface area contributed by atoms with E-state index in [2.05, 4.69) is 20.0 Å². The largest absolute Gasteiger partial charge is 0.233 e. The lowest BCUT2D eigenvalue weighted by molar-refractivity contribution is -0.358. The first-order valence-corrected chi connectivity index (χ1v) is 14.0. The first-order chi connectivity index (χ1) is 14.9. The van der Waals surface area contributed by atoms with Crippen molar-refractivity contribution in [3.63, 3.8) is 0 Å². The Morgan fingerprint density at radius 3 is 0.800 bits per heavy atom. The van der Waals surface area contributed by atoms with Crippen LogP contribution in [0.4, 0.5) is 0 Å². The fourth-order valence-electron chi connectivity index (χ4n) is 11.4. The van der Waals surface area contributed by atoms with Gasteiger partial charge in [0.2, 0.25) is 0 Å². The van der Waals surface area contributed by atoms with Gasteiger partial charge in [-0.15, -0.1) is 0 Å². The fraction of sp³-hybridized carbons (Fsp3) is 1.00. The molecule has 0 amide bonds. The summed E-state index contributed by atoms with van der Waals surface area (Å²) in [6, 6.07) is 6.87. The van der Waals surface area contributed by atoms with Gasteiger partial charge in [-0.1, -0.05) is 0 Å². The molecule has 11 rings (SSSR count). The normalized spacial score (nSPS) is 68.8. The molecule has 0 spiro atoms. The van der Waals surface area contributed by atoms with Gasteiger partial charge in [0.05, 0.1) is 0 Å². The Balaban J connectivity index is 1.33. The molecule has 2 aliphatic carbocycles. The highest BCUT2D eigenvalue weighted by Gasteiger charge is 2.66. The predicted molar refractivity (Wildman–Crippen MR) is 116 cm³/mol. The molecular weight excluding hydrogens is 368 g/mol. The predicted octanol–water partition coefficient (Wildman–Crippen LogP) is 4.02. The van der Waals surface area contributed by atoms with E-state index in [1.807, 2.05) is 0 Å². The average molecular weight is 409 g/mol. The molecule has 12 bridgehead atoms. The molecule has 0 aromatic carbocycles. The summed E-state index contributed by atoms with van der Waals surface area (Å²) in [5.74, 6) is 3.95. The Morgan fingerprint density at radius 1 is 0.300 bits per heavy atom. The van der Waals surface area contributed by atoms with Gasteiger partial charge in [0.25, 0.3) is 0 Å². The molecule has 0 aromatic heterocycles. The zero-order chi connectivity index (χ0) is 19.1. The van der Waals surface area contributed by atoms with Crippen molar-refractivity contribution in [2.45, 2.75) is 138 Å². The van der Waals surface area contributed by atoms with Crippen LogP contribution in [0, 0.1) is 23.7 Å². The van der Waals surface area contributed by atoms with Crippen molar-refractivity contribution in [1.29, 1.82) is 0 Å². The summed E-state index contributed by atoms with van der Waals surface area (Å²) in [5.41, 5.74) is 0. The van der Waals surface area contributed by atoms with Gasteiger partial charge in [0, 0.05) is 48.3 Å². The SMILES string of the molecule is C1C[C@@H]2CC[C@@H]3C[C@@H]4CC[C@@H]5CC[C@@H]6CC[C@@H]7C[C@@H]8CC[C@H]1[C@@H]1[C@H]2N3N7[C@@H]6[C@@H]5N4N81. The number of hydrogen-bond donors (Lipinski definition) is 0. The van der Waals surface area contributed by atoms with E-state index < -0.39 is 0 Å². The van der Waals surface area contributed by atoms with E-state index in [1.54, 1.807) is 25.7 Å². The van der Waals surface area contributed by atoms with Crippen LogP contribution in [-0.4, -0.2) is 68.4 Å². The standard InChI is InChI=1S/C26H40N4/c1-2-16-6-10-20-14-21-11-7-17-3-4-18-8-12-22-13-19-9-5-15(1)23-24(16)28(20)30(22)26(18)25(17)29(21)27(19)23/h15-26H,1-14H2/t15-,16+,17-,18+,19-,20+,21-,22+,23+,24-,25+,26-. The van der Waals surface area contributed by atoms with Gasteiger partial charge in [-0.2, -0.15) is 0 Å². The molecule has 0 radical (unpaired) electrons. The minimum absolute atomic E-state index is 0.857. The van der Waals surface area contributed by atoms with E-state index in [-0.39, 0.29) is 0 Å². The average Bonchev–Trinajstić information content (AvgIpc) is 2.75. The van der Waals surface area contributed by atoms with E-state index >= 15 is 0 Å². The topological polar surface area (TPSA) is 13.0 Å². The van der Waals surface area contributed by atoms with E-state index in [9.17, 15) is 0 Å². The third-order valence-corrected chi connectivity index (χ3v) is 12.3. The third kappa shape index (κ3) is 1.93. The van der Waals surface area contributed by atoms with Gasteiger partial charge in [0.1, 0.15) is 0 Å². The minimum atomic E-state index is 0.857. The maximum absolute atomic E-state index is 3.23. The van der Waals surface area contributed by atoms with Crippen molar-refractivity contribution in [3.8, 4) is 0 Å². The first-order valence-electron chi connectivity index (χ1n) is 14.0. The molecule has 4 nitrogen and oxygen atoms in total. The van der Waals surface area contributed by atoms with Gasteiger partial charge in [-0.05, 0) is 114 Å². The van der Waals surface area contributed by atoms with Crippen LogP contribution in [0.5, 0.6) is 0 Å². The zero-order valence-corrected chi connectivity index (χ0v) is 18.6. The summed E-state index contributed by atoms with van der Waals surface area (Å²) < 4.78 is 0. The molecule has 164 valence electrons. The summed E-state index contributed by atoms with van der Waals surface area (Å²) >= 11 is 0. The minimum Gasteiger partial charge on any atom is -0.233 e. The van der Waals surface area contributed by atoms with Crippen LogP contribution in [0.3, 0.4) is 0 Å². The highest BCUT2D eigenvalue weighted by molar-refractivity contribution is 5.17. The van der Waals surface area contributed by atoms with Crippen molar-refractivity contribution >= 4 is 0 Å². The van der Waals surface area contributed by atoms with Crippen molar-refractivity contribution in [2.75, 3.05) is 0 Å². The van der Waals surface area contributed by atoms with Gasteiger partial charge in [0.15, 0.2) is 0 Å². The smallest absolute Gasteiger partial charge is 0.0449 e. The van der Waals surface area contributed by atoms with E-state index in [4.69, 9.17) is 0 Å². The summed E-state index contributed by atoms with van der Waals surface area (Å²) in [7, 11) is 0. The number of hydrazine groups is 2. The lowest BCUT2D eigenvalue weighted by atomic mass is 9.60. The second kappa shape index (κ2) is 5.85. The van der Waals surface area contributed by atoms with Crippen molar-refractivity contribution in [1.82, 2.24) is 20.0 Å². The lowest BCUT2D eigenvalue weighted by Crippen LogP contribution is -2.87. The van der Waals surface area contributed by atoms with E-state index in [0.29, 0.717) is 0 Å². The molecule has 9 aliphatic heterocycles. The molecule has 9 saturated heterocycles. The Hall–Kier alpha value is -0.160. The summed E-state index contributed by atoms with van der Waals surface area (Å²) in [6.07, 6.45) is 21.3. The van der Waals surface area contributed by atoms with Crippen molar-refractivity contribution < 1.29 is 0 Å². The highest BCUT2D eigenvalue weighted by atomic mass is 15.8. The van der Waals surface area contributed by atoms with Crippen LogP contribution < -0.4 is 0 Å². The summed E-state index contributed by atoms with van der Waals surface area (Å²) in [4.78, 5) is 0.